The summed E-state index contributed by atoms with van der Waals surface area (Å²) in [5.74, 6) is -0.160. The van der Waals surface area contributed by atoms with Crippen molar-refractivity contribution < 1.29 is 18.3 Å². The number of carbonyl (C=O) groups excluding carboxylic acids is 1. The van der Waals surface area contributed by atoms with Gasteiger partial charge in [-0.1, -0.05) is 6.07 Å². The highest BCUT2D eigenvalue weighted by atomic mass is 19.3. The van der Waals surface area contributed by atoms with Gasteiger partial charge in [-0.25, -0.2) is 18.7 Å². The van der Waals surface area contributed by atoms with Gasteiger partial charge in [0.1, 0.15) is 28.5 Å². The molecule has 0 spiro atoms. The molecule has 0 aliphatic rings. The summed E-state index contributed by atoms with van der Waals surface area (Å²) in [4.78, 5) is 20.1. The highest BCUT2D eigenvalue weighted by molar-refractivity contribution is 6.03. The minimum Gasteiger partial charge on any atom is -0.491 e. The number of nitrogens with one attached hydrogen (secondary N) is 1. The number of nitrogens with zero attached hydrogens (tertiary/aromatic N) is 3. The Morgan fingerprint density at radius 1 is 1.42 bits per heavy atom. The van der Waals surface area contributed by atoms with Crippen molar-refractivity contribution in [2.75, 3.05) is 11.9 Å². The predicted molar refractivity (Wildman–Crippen MR) is 83.5 cm³/mol. The number of pyridine rings is 2. The van der Waals surface area contributed by atoms with E-state index in [1.807, 2.05) is 6.92 Å². The van der Waals surface area contributed by atoms with E-state index in [4.69, 9.17) is 4.74 Å². The molecule has 0 saturated carbocycles. The van der Waals surface area contributed by atoms with Crippen LogP contribution in [0.5, 0.6) is 5.75 Å². The van der Waals surface area contributed by atoms with Gasteiger partial charge in [0.05, 0.1) is 6.61 Å². The van der Waals surface area contributed by atoms with Crippen LogP contribution in [0.1, 0.15) is 29.5 Å². The largest absolute Gasteiger partial charge is 0.491 e. The molecule has 124 valence electrons. The van der Waals surface area contributed by atoms with Gasteiger partial charge in [0.2, 0.25) is 0 Å². The molecule has 0 atom stereocenters. The fourth-order valence-corrected chi connectivity index (χ4v) is 2.20. The second kappa shape index (κ2) is 6.61. The van der Waals surface area contributed by atoms with Gasteiger partial charge in [0.25, 0.3) is 12.3 Å². The van der Waals surface area contributed by atoms with E-state index < -0.39 is 18.0 Å². The molecule has 1 N–H and O–H groups in total. The highest BCUT2D eigenvalue weighted by Gasteiger charge is 2.16. The number of carbonyl (C=O) groups is 1. The summed E-state index contributed by atoms with van der Waals surface area (Å²) in [6.45, 7) is 2.22. The maximum absolute atomic E-state index is 12.7. The third-order valence-corrected chi connectivity index (χ3v) is 3.27. The van der Waals surface area contributed by atoms with Gasteiger partial charge in [0, 0.05) is 24.7 Å². The lowest BCUT2D eigenvalue weighted by molar-refractivity contribution is 0.101. The van der Waals surface area contributed by atoms with Crippen molar-refractivity contribution in [1.29, 1.82) is 0 Å². The number of rotatable bonds is 5. The van der Waals surface area contributed by atoms with E-state index in [-0.39, 0.29) is 5.69 Å². The van der Waals surface area contributed by atoms with Gasteiger partial charge in [-0.05, 0) is 19.1 Å². The number of halogens is 2. The lowest BCUT2D eigenvalue weighted by Crippen LogP contribution is -2.16. The molecule has 24 heavy (non-hydrogen) atoms. The number of anilines is 1. The summed E-state index contributed by atoms with van der Waals surface area (Å²) >= 11 is 0. The molecule has 3 heterocycles. The SMILES string of the molecule is CCOc1cc2nccn2cc1NC(=O)c1cccc(C(F)F)n1. The van der Waals surface area contributed by atoms with Gasteiger partial charge in [0.15, 0.2) is 0 Å². The van der Waals surface area contributed by atoms with E-state index >= 15 is 0 Å². The molecule has 0 aliphatic carbocycles. The topological polar surface area (TPSA) is 68.5 Å². The lowest BCUT2D eigenvalue weighted by atomic mass is 10.2. The van der Waals surface area contributed by atoms with Crippen LogP contribution in [-0.2, 0) is 0 Å². The number of alkyl halides is 2. The predicted octanol–water partition coefficient (Wildman–Crippen LogP) is 3.32. The molecule has 3 rings (SSSR count). The summed E-state index contributed by atoms with van der Waals surface area (Å²) in [6, 6.07) is 5.59. The Hall–Kier alpha value is -3.03. The van der Waals surface area contributed by atoms with Crippen LogP contribution in [-0.4, -0.2) is 26.9 Å². The first kappa shape index (κ1) is 15.9. The van der Waals surface area contributed by atoms with Gasteiger partial charge in [-0.3, -0.25) is 4.79 Å². The number of hydrogen-bond acceptors (Lipinski definition) is 4. The van der Waals surface area contributed by atoms with E-state index in [0.717, 1.165) is 0 Å². The first-order valence-electron chi connectivity index (χ1n) is 7.24. The smallest absolute Gasteiger partial charge is 0.280 e. The number of imidazole rings is 1. The monoisotopic (exact) mass is 332 g/mol. The molecule has 1 amide bonds. The van der Waals surface area contributed by atoms with E-state index in [1.54, 1.807) is 29.1 Å². The van der Waals surface area contributed by atoms with Gasteiger partial charge >= 0.3 is 0 Å². The van der Waals surface area contributed by atoms with Crippen molar-refractivity contribution in [3.8, 4) is 5.75 Å². The third-order valence-electron chi connectivity index (χ3n) is 3.27. The number of amides is 1. The summed E-state index contributed by atoms with van der Waals surface area (Å²) < 4.78 is 32.6. The second-order valence-electron chi connectivity index (χ2n) is 4.88. The first-order chi connectivity index (χ1) is 11.6. The Labute approximate surface area is 136 Å². The third kappa shape index (κ3) is 3.17. The van der Waals surface area contributed by atoms with Gasteiger partial charge < -0.3 is 14.5 Å². The minimum absolute atomic E-state index is 0.0963. The fourth-order valence-electron chi connectivity index (χ4n) is 2.20. The second-order valence-corrected chi connectivity index (χ2v) is 4.88. The molecule has 0 saturated heterocycles. The van der Waals surface area contributed by atoms with Crippen LogP contribution in [0.3, 0.4) is 0 Å². The molecule has 0 radical (unpaired) electrons. The van der Waals surface area contributed by atoms with Crippen LogP contribution >= 0.6 is 0 Å². The van der Waals surface area contributed by atoms with Crippen molar-refractivity contribution in [3.63, 3.8) is 0 Å². The normalized spacial score (nSPS) is 11.0. The first-order valence-corrected chi connectivity index (χ1v) is 7.24. The van der Waals surface area contributed by atoms with Crippen LogP contribution in [0.2, 0.25) is 0 Å². The molecule has 3 aromatic rings. The van der Waals surface area contributed by atoms with Crippen molar-refractivity contribution in [2.45, 2.75) is 13.3 Å². The van der Waals surface area contributed by atoms with E-state index in [1.165, 1.54) is 18.2 Å². The molecule has 8 heteroatoms. The Morgan fingerprint density at radius 2 is 2.25 bits per heavy atom. The average Bonchev–Trinajstić information content (AvgIpc) is 3.02. The molecule has 0 fully saturated rings. The van der Waals surface area contributed by atoms with E-state index in [2.05, 4.69) is 15.3 Å². The van der Waals surface area contributed by atoms with Crippen LogP contribution in [0, 0.1) is 0 Å². The lowest BCUT2D eigenvalue weighted by Gasteiger charge is -2.12. The van der Waals surface area contributed by atoms with E-state index in [0.29, 0.717) is 23.7 Å². The van der Waals surface area contributed by atoms with Crippen molar-refractivity contribution in [1.82, 2.24) is 14.4 Å². The zero-order chi connectivity index (χ0) is 17.1. The van der Waals surface area contributed by atoms with Gasteiger partial charge in [-0.15, -0.1) is 0 Å². The summed E-state index contributed by atoms with van der Waals surface area (Å²) in [7, 11) is 0. The van der Waals surface area contributed by atoms with Crippen molar-refractivity contribution in [2.24, 2.45) is 0 Å². The Morgan fingerprint density at radius 3 is 3.00 bits per heavy atom. The van der Waals surface area contributed by atoms with Crippen LogP contribution < -0.4 is 10.1 Å². The zero-order valence-corrected chi connectivity index (χ0v) is 12.7. The van der Waals surface area contributed by atoms with E-state index in [9.17, 15) is 13.6 Å². The zero-order valence-electron chi connectivity index (χ0n) is 12.7. The molecule has 3 aromatic heterocycles. The molecule has 0 unspecified atom stereocenters. The Kier molecular flexibility index (Phi) is 4.37. The van der Waals surface area contributed by atoms with Crippen LogP contribution in [0.15, 0.2) is 42.9 Å². The molecule has 0 aliphatic heterocycles. The van der Waals surface area contributed by atoms with Crippen LogP contribution in [0.4, 0.5) is 14.5 Å². The number of ether oxygens (including phenoxy) is 1. The van der Waals surface area contributed by atoms with Crippen LogP contribution in [0.25, 0.3) is 5.65 Å². The molecular formula is C16H14F2N4O2. The number of fused-ring (bicyclic) bond motifs is 1. The fraction of sp³-hybridized carbons (Fsp3) is 0.188. The number of hydrogen-bond donors (Lipinski definition) is 1. The van der Waals surface area contributed by atoms with Gasteiger partial charge in [-0.2, -0.15) is 0 Å². The molecule has 6 nitrogen and oxygen atoms in total. The quantitative estimate of drug-likeness (QED) is 0.778. The minimum atomic E-state index is -2.74. The molecule has 0 bridgehead atoms. The maximum Gasteiger partial charge on any atom is 0.280 e. The summed E-state index contributed by atoms with van der Waals surface area (Å²) in [5, 5.41) is 2.64. The maximum atomic E-state index is 12.7. The van der Waals surface area contributed by atoms with Crippen molar-refractivity contribution in [3.05, 3.63) is 54.2 Å². The molecule has 0 aromatic carbocycles. The summed E-state index contributed by atoms with van der Waals surface area (Å²) in [5.41, 5.74) is 0.518. The standard InChI is InChI=1S/C16H14F2N4O2/c1-2-24-13-8-14-19-6-7-22(14)9-12(13)21-16(23)11-5-3-4-10(20-11)15(17)18/h3-9,15H,2H2,1H3,(H,21,23). The Balaban J connectivity index is 1.92. The Bertz CT molecular complexity index is 879. The molecular weight excluding hydrogens is 318 g/mol. The average molecular weight is 332 g/mol. The summed E-state index contributed by atoms with van der Waals surface area (Å²) in [6.07, 6.45) is 2.24. The highest BCUT2D eigenvalue weighted by Crippen LogP contribution is 2.26. The number of aromatic nitrogens is 3. The van der Waals surface area contributed by atoms with Crippen molar-refractivity contribution >= 4 is 17.2 Å².